The lowest BCUT2D eigenvalue weighted by atomic mass is 10.1. The Hall–Kier alpha value is -1.21. The smallest absolute Gasteiger partial charge is 0.370 e. The molecule has 1 aromatic heterocycles. The van der Waals surface area contributed by atoms with Crippen LogP contribution in [0.4, 0.5) is 13.2 Å². The summed E-state index contributed by atoms with van der Waals surface area (Å²) < 4.78 is 40.6. The number of nitrogens with zero attached hydrogens (tertiary/aromatic N) is 2. The predicted molar refractivity (Wildman–Crippen MR) is 59.9 cm³/mol. The molecule has 1 N–H and O–H groups in total. The molecule has 18 heavy (non-hydrogen) atoms. The average molecular weight is 263 g/mol. The lowest BCUT2D eigenvalue weighted by Gasteiger charge is -2.18. The number of nitrogens with one attached hydrogen (secondary N) is 1. The zero-order chi connectivity index (χ0) is 13.4. The topological polar surface area (TPSA) is 47.0 Å². The first-order valence-electron chi connectivity index (χ1n) is 5.65. The quantitative estimate of drug-likeness (QED) is 0.818. The molecule has 1 aromatic rings. The molecule has 0 spiro atoms. The van der Waals surface area contributed by atoms with Crippen molar-refractivity contribution in [1.29, 1.82) is 0 Å². The normalized spacial score (nSPS) is 13.6. The maximum atomic E-state index is 12.0. The molecule has 0 saturated heterocycles. The summed E-state index contributed by atoms with van der Waals surface area (Å²) >= 11 is 0. The Morgan fingerprint density at radius 2 is 2.00 bits per heavy atom. The molecular formula is C11H16F3N3O. The third-order valence-corrected chi connectivity index (χ3v) is 2.17. The van der Waals surface area contributed by atoms with Gasteiger partial charge in [0.15, 0.2) is 0 Å². The highest BCUT2D eigenvalue weighted by atomic mass is 19.4. The van der Waals surface area contributed by atoms with Gasteiger partial charge in [-0.25, -0.2) is 9.97 Å². The number of rotatable bonds is 7. The molecule has 0 radical (unpaired) electrons. The van der Waals surface area contributed by atoms with Gasteiger partial charge in [0.2, 0.25) is 0 Å². The lowest BCUT2D eigenvalue weighted by molar-refractivity contribution is -0.175. The summed E-state index contributed by atoms with van der Waals surface area (Å²) in [5.41, 5.74) is 0.716. The standard InChI is InChI=1S/C11H16F3N3O/c1-2-3-17-10(6-18-7-11(12,13)14)9-4-15-8-16-5-9/h4-5,8,10,17H,2-3,6-7H2,1H3. The largest absolute Gasteiger partial charge is 0.411 e. The summed E-state index contributed by atoms with van der Waals surface area (Å²) in [6.45, 7) is 1.36. The Morgan fingerprint density at radius 3 is 2.56 bits per heavy atom. The van der Waals surface area contributed by atoms with Crippen molar-refractivity contribution >= 4 is 0 Å². The number of alkyl halides is 3. The van der Waals surface area contributed by atoms with E-state index in [1.807, 2.05) is 6.92 Å². The van der Waals surface area contributed by atoms with Crippen molar-refractivity contribution in [2.75, 3.05) is 19.8 Å². The Balaban J connectivity index is 2.51. The van der Waals surface area contributed by atoms with Crippen LogP contribution in [-0.4, -0.2) is 35.9 Å². The lowest BCUT2D eigenvalue weighted by Crippen LogP contribution is -2.28. The number of halogens is 3. The van der Waals surface area contributed by atoms with E-state index in [2.05, 4.69) is 20.0 Å². The average Bonchev–Trinajstić information content (AvgIpc) is 2.33. The zero-order valence-corrected chi connectivity index (χ0v) is 10.1. The van der Waals surface area contributed by atoms with Crippen LogP contribution in [0.25, 0.3) is 0 Å². The Kier molecular flexibility index (Phi) is 6.00. The van der Waals surface area contributed by atoms with Gasteiger partial charge in [0, 0.05) is 18.0 Å². The van der Waals surface area contributed by atoms with Crippen LogP contribution >= 0.6 is 0 Å². The van der Waals surface area contributed by atoms with E-state index in [0.717, 1.165) is 6.42 Å². The van der Waals surface area contributed by atoms with Gasteiger partial charge in [0.05, 0.1) is 12.6 Å². The molecule has 4 nitrogen and oxygen atoms in total. The summed E-state index contributed by atoms with van der Waals surface area (Å²) in [5.74, 6) is 0. The van der Waals surface area contributed by atoms with Crippen molar-refractivity contribution in [1.82, 2.24) is 15.3 Å². The van der Waals surface area contributed by atoms with Crippen LogP contribution in [0.3, 0.4) is 0 Å². The highest BCUT2D eigenvalue weighted by molar-refractivity contribution is 5.09. The van der Waals surface area contributed by atoms with Crippen LogP contribution < -0.4 is 5.32 Å². The first kappa shape index (κ1) is 14.8. The van der Waals surface area contributed by atoms with E-state index in [1.54, 1.807) is 12.4 Å². The second-order valence-electron chi connectivity index (χ2n) is 3.81. The van der Waals surface area contributed by atoms with Gasteiger partial charge in [-0.05, 0) is 13.0 Å². The SMILES string of the molecule is CCCNC(COCC(F)(F)F)c1cncnc1. The van der Waals surface area contributed by atoms with Gasteiger partial charge in [-0.3, -0.25) is 0 Å². The van der Waals surface area contributed by atoms with Gasteiger partial charge in [0.1, 0.15) is 12.9 Å². The van der Waals surface area contributed by atoms with Crippen LogP contribution in [0, 0.1) is 0 Å². The van der Waals surface area contributed by atoms with Crippen LogP contribution in [0.15, 0.2) is 18.7 Å². The number of aromatic nitrogens is 2. The summed E-state index contributed by atoms with van der Waals surface area (Å²) in [7, 11) is 0. The van der Waals surface area contributed by atoms with Crippen molar-refractivity contribution in [2.24, 2.45) is 0 Å². The maximum absolute atomic E-state index is 12.0. The Morgan fingerprint density at radius 1 is 1.33 bits per heavy atom. The van der Waals surface area contributed by atoms with Gasteiger partial charge >= 0.3 is 6.18 Å². The van der Waals surface area contributed by atoms with Gasteiger partial charge < -0.3 is 10.1 Å². The fourth-order valence-electron chi connectivity index (χ4n) is 1.37. The fraction of sp³-hybridized carbons (Fsp3) is 0.636. The predicted octanol–water partition coefficient (Wildman–Crippen LogP) is 2.10. The van der Waals surface area contributed by atoms with Crippen molar-refractivity contribution in [2.45, 2.75) is 25.6 Å². The molecule has 0 fully saturated rings. The molecular weight excluding hydrogens is 247 g/mol. The minimum atomic E-state index is -4.30. The molecule has 0 saturated carbocycles. The van der Waals surface area contributed by atoms with Crippen LogP contribution in [-0.2, 0) is 4.74 Å². The van der Waals surface area contributed by atoms with Crippen molar-refractivity contribution in [3.8, 4) is 0 Å². The summed E-state index contributed by atoms with van der Waals surface area (Å²) in [5, 5.41) is 3.10. The summed E-state index contributed by atoms with van der Waals surface area (Å²) in [4.78, 5) is 7.68. The second-order valence-corrected chi connectivity index (χ2v) is 3.81. The maximum Gasteiger partial charge on any atom is 0.411 e. The third-order valence-electron chi connectivity index (χ3n) is 2.17. The highest BCUT2D eigenvalue weighted by Gasteiger charge is 2.28. The molecule has 1 heterocycles. The van der Waals surface area contributed by atoms with Gasteiger partial charge in [-0.1, -0.05) is 6.92 Å². The number of hydrogen-bond acceptors (Lipinski definition) is 4. The van der Waals surface area contributed by atoms with Crippen LogP contribution in [0.5, 0.6) is 0 Å². The Labute approximate surface area is 104 Å². The molecule has 7 heteroatoms. The number of hydrogen-bond donors (Lipinski definition) is 1. The zero-order valence-electron chi connectivity index (χ0n) is 10.1. The molecule has 102 valence electrons. The second kappa shape index (κ2) is 7.27. The van der Waals surface area contributed by atoms with E-state index in [-0.39, 0.29) is 12.6 Å². The molecule has 0 bridgehead atoms. The monoisotopic (exact) mass is 263 g/mol. The highest BCUT2D eigenvalue weighted by Crippen LogP contribution is 2.17. The molecule has 0 aliphatic rings. The molecule has 0 aromatic carbocycles. The van der Waals surface area contributed by atoms with E-state index >= 15 is 0 Å². The van der Waals surface area contributed by atoms with Crippen molar-refractivity contribution in [3.05, 3.63) is 24.3 Å². The van der Waals surface area contributed by atoms with Gasteiger partial charge in [-0.15, -0.1) is 0 Å². The fourth-order valence-corrected chi connectivity index (χ4v) is 1.37. The molecule has 1 rings (SSSR count). The van der Waals surface area contributed by atoms with E-state index in [0.29, 0.717) is 12.1 Å². The van der Waals surface area contributed by atoms with Gasteiger partial charge in [-0.2, -0.15) is 13.2 Å². The first-order valence-corrected chi connectivity index (χ1v) is 5.65. The minimum Gasteiger partial charge on any atom is -0.370 e. The van der Waals surface area contributed by atoms with E-state index in [4.69, 9.17) is 0 Å². The number of ether oxygens (including phenoxy) is 1. The molecule has 1 atom stereocenters. The molecule has 0 aliphatic carbocycles. The third kappa shape index (κ3) is 5.92. The summed E-state index contributed by atoms with van der Waals surface area (Å²) in [6.07, 6.45) is 1.08. The molecule has 1 unspecified atom stereocenters. The van der Waals surface area contributed by atoms with Crippen LogP contribution in [0.1, 0.15) is 24.9 Å². The first-order chi connectivity index (χ1) is 8.53. The van der Waals surface area contributed by atoms with Gasteiger partial charge in [0.25, 0.3) is 0 Å². The Bertz CT molecular complexity index is 332. The van der Waals surface area contributed by atoms with E-state index in [1.165, 1.54) is 6.33 Å². The van der Waals surface area contributed by atoms with Crippen molar-refractivity contribution < 1.29 is 17.9 Å². The molecule has 0 amide bonds. The minimum absolute atomic E-state index is 0.0626. The summed E-state index contributed by atoms with van der Waals surface area (Å²) in [6, 6.07) is -0.325. The van der Waals surface area contributed by atoms with Crippen molar-refractivity contribution in [3.63, 3.8) is 0 Å². The van der Waals surface area contributed by atoms with E-state index in [9.17, 15) is 13.2 Å². The van der Waals surface area contributed by atoms with Crippen LogP contribution in [0.2, 0.25) is 0 Å². The molecule has 0 aliphatic heterocycles. The van der Waals surface area contributed by atoms with E-state index < -0.39 is 12.8 Å².